The number of likely N-dealkylation sites (N-methyl/N-ethyl adjacent to an activating group) is 1. The predicted octanol–water partition coefficient (Wildman–Crippen LogP) is 2.75. The summed E-state index contributed by atoms with van der Waals surface area (Å²) in [6.07, 6.45) is 1.92. The number of nitrogens with zero attached hydrogens (tertiary/aromatic N) is 1. The van der Waals surface area contributed by atoms with Crippen molar-refractivity contribution in [2.24, 2.45) is 0 Å². The van der Waals surface area contributed by atoms with Gasteiger partial charge in [-0.25, -0.2) is 8.42 Å². The monoisotopic (exact) mass is 438 g/mol. The Kier molecular flexibility index (Phi) is 8.36. The minimum Gasteiger partial charge on any atom is -0.493 e. The zero-order chi connectivity index (χ0) is 21.4. The number of hydrogen-bond donors (Lipinski definition) is 1. The number of ether oxygens (including phenoxy) is 2. The molecule has 0 aliphatic heterocycles. The number of carbonyl (C=O) groups is 1. The molecule has 0 spiro atoms. The van der Waals surface area contributed by atoms with E-state index in [2.05, 4.69) is 5.32 Å². The average molecular weight is 439 g/mol. The summed E-state index contributed by atoms with van der Waals surface area (Å²) < 4.78 is 37.1. The lowest BCUT2D eigenvalue weighted by Gasteiger charge is -2.17. The van der Waals surface area contributed by atoms with Gasteiger partial charge in [-0.3, -0.25) is 4.79 Å². The third kappa shape index (κ3) is 6.12. The van der Waals surface area contributed by atoms with E-state index < -0.39 is 15.9 Å². The molecule has 0 unspecified atom stereocenters. The van der Waals surface area contributed by atoms with E-state index >= 15 is 0 Å². The predicted molar refractivity (Wildman–Crippen MR) is 114 cm³/mol. The molecule has 0 aliphatic rings. The van der Waals surface area contributed by atoms with Gasteiger partial charge in [0.25, 0.3) is 0 Å². The first kappa shape index (κ1) is 23.1. The fraction of sp³-hybridized carbons (Fsp3) is 0.350. The third-order valence-corrected chi connectivity index (χ3v) is 6.71. The number of thioether (sulfide) groups is 1. The van der Waals surface area contributed by atoms with Crippen LogP contribution in [0.25, 0.3) is 0 Å². The largest absolute Gasteiger partial charge is 0.493 e. The molecule has 0 heterocycles. The van der Waals surface area contributed by atoms with Gasteiger partial charge in [0.2, 0.25) is 15.9 Å². The van der Waals surface area contributed by atoms with Crippen molar-refractivity contribution in [3.05, 3.63) is 48.0 Å². The maximum atomic E-state index is 12.6. The molecule has 2 aromatic rings. The molecular weight excluding hydrogens is 412 g/mol. The van der Waals surface area contributed by atoms with Crippen molar-refractivity contribution in [3.63, 3.8) is 0 Å². The van der Waals surface area contributed by atoms with Crippen molar-refractivity contribution in [1.82, 2.24) is 9.62 Å². The Morgan fingerprint density at radius 3 is 2.41 bits per heavy atom. The van der Waals surface area contributed by atoms with E-state index in [1.165, 1.54) is 18.8 Å². The van der Waals surface area contributed by atoms with Gasteiger partial charge in [-0.1, -0.05) is 6.07 Å². The van der Waals surface area contributed by atoms with Gasteiger partial charge in [-0.15, -0.1) is 11.8 Å². The van der Waals surface area contributed by atoms with Crippen LogP contribution in [-0.2, 0) is 21.4 Å². The molecule has 0 saturated heterocycles. The molecule has 1 N–H and O–H groups in total. The first-order chi connectivity index (χ1) is 13.8. The Morgan fingerprint density at radius 2 is 1.83 bits per heavy atom. The van der Waals surface area contributed by atoms with Crippen LogP contribution in [0.3, 0.4) is 0 Å². The van der Waals surface area contributed by atoms with Gasteiger partial charge >= 0.3 is 0 Å². The third-order valence-electron chi connectivity index (χ3n) is 4.15. The summed E-state index contributed by atoms with van der Waals surface area (Å²) in [5.41, 5.74) is 0.820. The van der Waals surface area contributed by atoms with Gasteiger partial charge in [-0.05, 0) is 55.1 Å². The van der Waals surface area contributed by atoms with Crippen molar-refractivity contribution in [2.75, 3.05) is 33.6 Å². The van der Waals surface area contributed by atoms with Crippen LogP contribution in [0.4, 0.5) is 0 Å². The topological polar surface area (TPSA) is 84.9 Å². The van der Waals surface area contributed by atoms with Crippen molar-refractivity contribution in [3.8, 4) is 11.5 Å². The van der Waals surface area contributed by atoms with Gasteiger partial charge in [0.15, 0.2) is 11.5 Å². The Labute approximate surface area is 176 Å². The van der Waals surface area contributed by atoms with Crippen molar-refractivity contribution in [1.29, 1.82) is 0 Å². The number of rotatable bonds is 10. The number of nitrogens with one attached hydrogen (secondary N) is 1. The summed E-state index contributed by atoms with van der Waals surface area (Å²) in [6.45, 7) is 2.34. The maximum Gasteiger partial charge on any atom is 0.243 e. The van der Waals surface area contributed by atoms with E-state index in [9.17, 15) is 13.2 Å². The fourth-order valence-electron chi connectivity index (χ4n) is 2.57. The average Bonchev–Trinajstić information content (AvgIpc) is 2.72. The molecule has 7 nitrogen and oxygen atoms in total. The molecule has 0 fully saturated rings. The van der Waals surface area contributed by atoms with E-state index in [0.29, 0.717) is 18.1 Å². The van der Waals surface area contributed by atoms with Gasteiger partial charge in [0.1, 0.15) is 0 Å². The van der Waals surface area contributed by atoms with Crippen LogP contribution in [0.5, 0.6) is 11.5 Å². The van der Waals surface area contributed by atoms with Crippen LogP contribution in [-0.4, -0.2) is 52.2 Å². The fourth-order valence-corrected chi connectivity index (χ4v) is 4.11. The first-order valence-corrected chi connectivity index (χ1v) is 11.6. The summed E-state index contributed by atoms with van der Waals surface area (Å²) >= 11 is 1.53. The Bertz CT molecular complexity index is 930. The standard InChI is InChI=1S/C20H26N2O5S2/c1-5-27-19-12-15(6-11-18(19)26-3)13-21-20(23)14-22(2)29(24,25)17-9-7-16(28-4)8-10-17/h6-12H,5,13-14H2,1-4H3,(H,21,23). The van der Waals surface area contributed by atoms with E-state index in [0.717, 1.165) is 14.8 Å². The number of carbonyl (C=O) groups excluding carboxylic acids is 1. The molecule has 0 atom stereocenters. The summed E-state index contributed by atoms with van der Waals surface area (Å²) in [7, 11) is -0.792. The van der Waals surface area contributed by atoms with Crippen molar-refractivity contribution >= 4 is 27.7 Å². The second-order valence-electron chi connectivity index (χ2n) is 6.13. The van der Waals surface area contributed by atoms with Gasteiger partial charge in [-0.2, -0.15) is 4.31 Å². The molecule has 2 rings (SSSR count). The molecule has 0 radical (unpaired) electrons. The van der Waals surface area contributed by atoms with Crippen molar-refractivity contribution in [2.45, 2.75) is 23.3 Å². The highest BCUT2D eigenvalue weighted by Crippen LogP contribution is 2.28. The minimum atomic E-state index is -3.74. The van der Waals surface area contributed by atoms with Crippen LogP contribution in [0.1, 0.15) is 12.5 Å². The van der Waals surface area contributed by atoms with Gasteiger partial charge in [0, 0.05) is 18.5 Å². The minimum absolute atomic E-state index is 0.155. The molecule has 0 aliphatic carbocycles. The van der Waals surface area contributed by atoms with Gasteiger partial charge < -0.3 is 14.8 Å². The van der Waals surface area contributed by atoms with Crippen LogP contribution in [0.2, 0.25) is 0 Å². The molecule has 158 valence electrons. The summed E-state index contributed by atoms with van der Waals surface area (Å²) in [5.74, 6) is 0.806. The lowest BCUT2D eigenvalue weighted by atomic mass is 10.2. The molecular formula is C20H26N2O5S2. The molecule has 0 bridgehead atoms. The number of sulfonamides is 1. The number of hydrogen-bond acceptors (Lipinski definition) is 6. The van der Waals surface area contributed by atoms with E-state index in [4.69, 9.17) is 9.47 Å². The maximum absolute atomic E-state index is 12.6. The highest BCUT2D eigenvalue weighted by molar-refractivity contribution is 7.98. The van der Waals surface area contributed by atoms with Crippen LogP contribution < -0.4 is 14.8 Å². The number of methoxy groups -OCH3 is 1. The Balaban J connectivity index is 1.98. The van der Waals surface area contributed by atoms with E-state index in [1.54, 1.807) is 43.5 Å². The zero-order valence-electron chi connectivity index (χ0n) is 17.0. The molecule has 0 saturated carbocycles. The van der Waals surface area contributed by atoms with Crippen LogP contribution in [0, 0.1) is 0 Å². The second kappa shape index (κ2) is 10.5. The molecule has 2 aromatic carbocycles. The highest BCUT2D eigenvalue weighted by Gasteiger charge is 2.22. The van der Waals surface area contributed by atoms with Crippen LogP contribution >= 0.6 is 11.8 Å². The zero-order valence-corrected chi connectivity index (χ0v) is 18.6. The van der Waals surface area contributed by atoms with E-state index in [1.807, 2.05) is 19.2 Å². The first-order valence-electron chi connectivity index (χ1n) is 8.98. The molecule has 0 aromatic heterocycles. The summed E-state index contributed by atoms with van der Waals surface area (Å²) in [4.78, 5) is 13.4. The molecule has 29 heavy (non-hydrogen) atoms. The lowest BCUT2D eigenvalue weighted by Crippen LogP contribution is -2.38. The van der Waals surface area contributed by atoms with Crippen LogP contribution in [0.15, 0.2) is 52.3 Å². The smallest absolute Gasteiger partial charge is 0.243 e. The van der Waals surface area contributed by atoms with Gasteiger partial charge in [0.05, 0.1) is 25.2 Å². The highest BCUT2D eigenvalue weighted by atomic mass is 32.2. The normalized spacial score (nSPS) is 11.3. The second-order valence-corrected chi connectivity index (χ2v) is 9.06. The summed E-state index contributed by atoms with van der Waals surface area (Å²) in [5, 5.41) is 2.73. The Morgan fingerprint density at radius 1 is 1.14 bits per heavy atom. The van der Waals surface area contributed by atoms with E-state index in [-0.39, 0.29) is 18.0 Å². The summed E-state index contributed by atoms with van der Waals surface area (Å²) in [6, 6.07) is 11.9. The van der Waals surface area contributed by atoms with Crippen molar-refractivity contribution < 1.29 is 22.7 Å². The molecule has 1 amide bonds. The Hall–Kier alpha value is -2.23. The SMILES string of the molecule is CCOc1cc(CNC(=O)CN(C)S(=O)(=O)c2ccc(SC)cc2)ccc1OC. The quantitative estimate of drug-likeness (QED) is 0.574. The number of amides is 1. The molecule has 9 heteroatoms. The lowest BCUT2D eigenvalue weighted by molar-refractivity contribution is -0.121. The number of benzene rings is 2.